The predicted octanol–water partition coefficient (Wildman–Crippen LogP) is 3.12. The molecule has 1 amide bonds. The van der Waals surface area contributed by atoms with Gasteiger partial charge in [-0.15, -0.1) is 0 Å². The van der Waals surface area contributed by atoms with Gasteiger partial charge in [-0.3, -0.25) is 14.9 Å². The maximum atomic E-state index is 12.3. The van der Waals surface area contributed by atoms with Crippen molar-refractivity contribution in [2.75, 3.05) is 6.54 Å². The molecule has 1 rings (SSSR count). The number of hydrogen-bond donors (Lipinski definition) is 0. The quantitative estimate of drug-likeness (QED) is 0.624. The lowest BCUT2D eigenvalue weighted by molar-refractivity contribution is -0.385. The van der Waals surface area contributed by atoms with Crippen LogP contribution in [0.2, 0.25) is 5.02 Å². The maximum absolute atomic E-state index is 12.3. The van der Waals surface area contributed by atoms with Crippen molar-refractivity contribution in [3.8, 4) is 0 Å². The van der Waals surface area contributed by atoms with Crippen LogP contribution in [0.4, 0.5) is 5.69 Å². The Labute approximate surface area is 110 Å². The second kappa shape index (κ2) is 5.82. The van der Waals surface area contributed by atoms with Crippen LogP contribution in [0.5, 0.6) is 0 Å². The second-order valence-corrected chi connectivity index (χ2v) is 4.54. The van der Waals surface area contributed by atoms with Crippen LogP contribution in [0, 0.1) is 10.1 Å². The number of hydrogen-bond acceptors (Lipinski definition) is 3. The van der Waals surface area contributed by atoms with Gasteiger partial charge in [-0.05, 0) is 32.9 Å². The van der Waals surface area contributed by atoms with E-state index in [0.717, 1.165) is 0 Å². The molecule has 0 fully saturated rings. The summed E-state index contributed by atoms with van der Waals surface area (Å²) in [4.78, 5) is 24.2. The third-order valence-electron chi connectivity index (χ3n) is 2.61. The Bertz CT molecular complexity index is 474. The van der Waals surface area contributed by atoms with Gasteiger partial charge in [-0.25, -0.2) is 0 Å². The topological polar surface area (TPSA) is 63.5 Å². The van der Waals surface area contributed by atoms with Crippen molar-refractivity contribution >= 4 is 23.2 Å². The first kappa shape index (κ1) is 14.4. The maximum Gasteiger partial charge on any atom is 0.282 e. The first-order valence-corrected chi connectivity index (χ1v) is 6.01. The summed E-state index contributed by atoms with van der Waals surface area (Å²) in [7, 11) is 0. The number of rotatable bonds is 4. The lowest BCUT2D eigenvalue weighted by Gasteiger charge is -2.25. The molecule has 0 heterocycles. The van der Waals surface area contributed by atoms with E-state index >= 15 is 0 Å². The van der Waals surface area contributed by atoms with Gasteiger partial charge in [0.2, 0.25) is 0 Å². The molecule has 6 heteroatoms. The molecule has 98 valence electrons. The molecule has 0 radical (unpaired) electrons. The Morgan fingerprint density at radius 1 is 1.50 bits per heavy atom. The molecule has 0 aliphatic carbocycles. The monoisotopic (exact) mass is 270 g/mol. The first-order valence-electron chi connectivity index (χ1n) is 5.63. The van der Waals surface area contributed by atoms with Crippen LogP contribution >= 0.6 is 11.6 Å². The zero-order valence-corrected chi connectivity index (χ0v) is 11.3. The largest absolute Gasteiger partial charge is 0.336 e. The minimum atomic E-state index is -0.572. The van der Waals surface area contributed by atoms with E-state index in [2.05, 4.69) is 0 Å². The molecule has 0 spiro atoms. The number of benzene rings is 1. The SMILES string of the molecule is CCN(C(=O)c1cc(Cl)ccc1[N+](=O)[O-])C(C)C. The standard InChI is InChI=1S/C12H15ClN2O3/c1-4-14(8(2)3)12(16)10-7-9(13)5-6-11(10)15(17)18/h5-8H,4H2,1-3H3. The molecule has 0 aliphatic rings. The van der Waals surface area contributed by atoms with E-state index in [1.165, 1.54) is 18.2 Å². The summed E-state index contributed by atoms with van der Waals surface area (Å²) in [6.07, 6.45) is 0. The molecule has 0 aromatic heterocycles. The number of nitrogens with zero attached hydrogens (tertiary/aromatic N) is 2. The highest BCUT2D eigenvalue weighted by molar-refractivity contribution is 6.31. The highest BCUT2D eigenvalue weighted by atomic mass is 35.5. The number of halogens is 1. The Hall–Kier alpha value is -1.62. The minimum Gasteiger partial charge on any atom is -0.336 e. The van der Waals surface area contributed by atoms with Crippen molar-refractivity contribution in [1.82, 2.24) is 4.90 Å². The van der Waals surface area contributed by atoms with E-state index in [1.54, 1.807) is 4.90 Å². The van der Waals surface area contributed by atoms with Gasteiger partial charge < -0.3 is 4.90 Å². The third kappa shape index (κ3) is 2.98. The van der Waals surface area contributed by atoms with E-state index < -0.39 is 4.92 Å². The summed E-state index contributed by atoms with van der Waals surface area (Å²) in [5.41, 5.74) is -0.188. The molecule has 1 aromatic carbocycles. The molecular weight excluding hydrogens is 256 g/mol. The van der Waals surface area contributed by atoms with Crippen molar-refractivity contribution < 1.29 is 9.72 Å². The van der Waals surface area contributed by atoms with Crippen molar-refractivity contribution in [3.63, 3.8) is 0 Å². The molecule has 0 unspecified atom stereocenters. The van der Waals surface area contributed by atoms with Crippen LogP contribution in [0.3, 0.4) is 0 Å². The number of carbonyl (C=O) groups excluding carboxylic acids is 1. The Balaban J connectivity index is 3.26. The molecule has 0 N–H and O–H groups in total. The van der Waals surface area contributed by atoms with E-state index in [1.807, 2.05) is 20.8 Å². The van der Waals surface area contributed by atoms with E-state index in [0.29, 0.717) is 11.6 Å². The van der Waals surface area contributed by atoms with Gasteiger partial charge in [0.05, 0.1) is 4.92 Å². The summed E-state index contributed by atoms with van der Waals surface area (Å²) >= 11 is 5.80. The van der Waals surface area contributed by atoms with Gasteiger partial charge >= 0.3 is 0 Å². The molecule has 18 heavy (non-hydrogen) atoms. The van der Waals surface area contributed by atoms with Crippen LogP contribution in [0.25, 0.3) is 0 Å². The molecule has 5 nitrogen and oxygen atoms in total. The fraction of sp³-hybridized carbons (Fsp3) is 0.417. The van der Waals surface area contributed by atoms with Gasteiger partial charge in [0, 0.05) is 23.7 Å². The summed E-state index contributed by atoms with van der Waals surface area (Å²) in [5.74, 6) is -0.373. The molecule has 0 atom stereocenters. The normalized spacial score (nSPS) is 10.5. The van der Waals surface area contributed by atoms with E-state index in [-0.39, 0.29) is 23.2 Å². The summed E-state index contributed by atoms with van der Waals surface area (Å²) in [6, 6.07) is 3.97. The van der Waals surface area contributed by atoms with Crippen LogP contribution in [-0.2, 0) is 0 Å². The molecule has 0 saturated carbocycles. The highest BCUT2D eigenvalue weighted by Gasteiger charge is 2.25. The first-order chi connectivity index (χ1) is 8.38. The van der Waals surface area contributed by atoms with Gasteiger partial charge in [0.1, 0.15) is 5.56 Å². The molecule has 0 aliphatic heterocycles. The average Bonchev–Trinajstić information content (AvgIpc) is 2.28. The molecule has 1 aromatic rings. The lowest BCUT2D eigenvalue weighted by atomic mass is 10.1. The highest BCUT2D eigenvalue weighted by Crippen LogP contribution is 2.24. The second-order valence-electron chi connectivity index (χ2n) is 4.10. The van der Waals surface area contributed by atoms with Crippen LogP contribution in [-0.4, -0.2) is 28.3 Å². The number of nitro groups is 1. The van der Waals surface area contributed by atoms with Crippen LogP contribution < -0.4 is 0 Å². The van der Waals surface area contributed by atoms with Crippen LogP contribution in [0.15, 0.2) is 18.2 Å². The Morgan fingerprint density at radius 3 is 2.56 bits per heavy atom. The smallest absolute Gasteiger partial charge is 0.282 e. The van der Waals surface area contributed by atoms with Crippen molar-refractivity contribution in [2.24, 2.45) is 0 Å². The average molecular weight is 271 g/mol. The molecular formula is C12H15ClN2O3. The zero-order chi connectivity index (χ0) is 13.9. The third-order valence-corrected chi connectivity index (χ3v) is 2.85. The van der Waals surface area contributed by atoms with Gasteiger partial charge in [0.15, 0.2) is 0 Å². The zero-order valence-electron chi connectivity index (χ0n) is 10.5. The Morgan fingerprint density at radius 2 is 2.11 bits per heavy atom. The molecule has 0 bridgehead atoms. The van der Waals surface area contributed by atoms with Crippen molar-refractivity contribution in [2.45, 2.75) is 26.8 Å². The number of nitro benzene ring substituents is 1. The van der Waals surface area contributed by atoms with Gasteiger partial charge in [-0.1, -0.05) is 11.6 Å². The summed E-state index contributed by atoms with van der Waals surface area (Å²) in [5, 5.41) is 11.2. The van der Waals surface area contributed by atoms with E-state index in [4.69, 9.17) is 11.6 Å². The Kier molecular flexibility index (Phi) is 4.67. The van der Waals surface area contributed by atoms with Crippen LogP contribution in [0.1, 0.15) is 31.1 Å². The minimum absolute atomic E-state index is 0.0268. The fourth-order valence-corrected chi connectivity index (χ4v) is 1.91. The summed E-state index contributed by atoms with van der Waals surface area (Å²) < 4.78 is 0. The van der Waals surface area contributed by atoms with Gasteiger partial charge in [0.25, 0.3) is 11.6 Å². The van der Waals surface area contributed by atoms with Crippen molar-refractivity contribution in [1.29, 1.82) is 0 Å². The van der Waals surface area contributed by atoms with Gasteiger partial charge in [-0.2, -0.15) is 0 Å². The molecule has 0 saturated heterocycles. The predicted molar refractivity (Wildman–Crippen MR) is 70.0 cm³/mol. The number of carbonyl (C=O) groups is 1. The fourth-order valence-electron chi connectivity index (χ4n) is 1.74. The number of amides is 1. The van der Waals surface area contributed by atoms with Crippen molar-refractivity contribution in [3.05, 3.63) is 38.9 Å². The lowest BCUT2D eigenvalue weighted by Crippen LogP contribution is -2.37. The summed E-state index contributed by atoms with van der Waals surface area (Å²) in [6.45, 7) is 6.03. The van der Waals surface area contributed by atoms with E-state index in [9.17, 15) is 14.9 Å².